The van der Waals surface area contributed by atoms with Crippen LogP contribution < -0.4 is 5.32 Å². The summed E-state index contributed by atoms with van der Waals surface area (Å²) in [4.78, 5) is 12.0. The predicted octanol–water partition coefficient (Wildman–Crippen LogP) is 2.95. The number of hydrogen-bond donors (Lipinski definition) is 3. The molecule has 2 rings (SSSR count). The second-order valence-electron chi connectivity index (χ2n) is 4.62. The first-order valence-electron chi connectivity index (χ1n) is 6.77. The number of amides is 1. The van der Waals surface area contributed by atoms with Crippen LogP contribution in [0, 0.1) is 11.3 Å². The van der Waals surface area contributed by atoms with Crippen molar-refractivity contribution in [2.75, 3.05) is 0 Å². The standard InChI is InChI=1S/C18H14N2O3/c19-12-15(8-4-7-13-5-2-1-3-6-13)20-18(23)14-9-10-16(21)17(22)11-14/h1-11,21-22H,(H,20,23). The molecule has 0 unspecified atom stereocenters. The summed E-state index contributed by atoms with van der Waals surface area (Å²) in [6.45, 7) is 0. The van der Waals surface area contributed by atoms with Gasteiger partial charge in [-0.1, -0.05) is 42.5 Å². The second kappa shape index (κ2) is 7.48. The molecule has 0 spiro atoms. The molecular formula is C18H14N2O3. The van der Waals surface area contributed by atoms with Crippen LogP contribution >= 0.6 is 0 Å². The zero-order chi connectivity index (χ0) is 16.7. The van der Waals surface area contributed by atoms with Crippen LogP contribution in [0.1, 0.15) is 15.9 Å². The molecule has 5 heteroatoms. The van der Waals surface area contributed by atoms with Gasteiger partial charge < -0.3 is 15.5 Å². The zero-order valence-electron chi connectivity index (χ0n) is 12.1. The van der Waals surface area contributed by atoms with Crippen molar-refractivity contribution >= 4 is 12.0 Å². The van der Waals surface area contributed by atoms with E-state index in [0.29, 0.717) is 0 Å². The highest BCUT2D eigenvalue weighted by Gasteiger charge is 2.09. The van der Waals surface area contributed by atoms with Crippen molar-refractivity contribution < 1.29 is 15.0 Å². The summed E-state index contributed by atoms with van der Waals surface area (Å²) >= 11 is 0. The smallest absolute Gasteiger partial charge is 0.256 e. The average molecular weight is 306 g/mol. The van der Waals surface area contributed by atoms with Gasteiger partial charge in [-0.05, 0) is 29.8 Å². The van der Waals surface area contributed by atoms with Gasteiger partial charge in [0.05, 0.1) is 0 Å². The number of carbonyl (C=O) groups excluding carboxylic acids is 1. The fraction of sp³-hybridized carbons (Fsp3) is 0. The molecule has 0 atom stereocenters. The first-order valence-corrected chi connectivity index (χ1v) is 6.77. The molecule has 2 aromatic rings. The first kappa shape index (κ1) is 15.9. The molecule has 0 aliphatic heterocycles. The Morgan fingerprint density at radius 2 is 1.83 bits per heavy atom. The van der Waals surface area contributed by atoms with Gasteiger partial charge in [0.2, 0.25) is 0 Å². The molecule has 0 aliphatic carbocycles. The fourth-order valence-corrected chi connectivity index (χ4v) is 1.79. The van der Waals surface area contributed by atoms with E-state index in [1.54, 1.807) is 12.2 Å². The lowest BCUT2D eigenvalue weighted by Gasteiger charge is -2.04. The van der Waals surface area contributed by atoms with Gasteiger partial charge in [-0.2, -0.15) is 5.26 Å². The summed E-state index contributed by atoms with van der Waals surface area (Å²) in [5.41, 5.74) is 1.17. The monoisotopic (exact) mass is 306 g/mol. The molecule has 114 valence electrons. The number of rotatable bonds is 4. The van der Waals surface area contributed by atoms with E-state index in [1.807, 2.05) is 36.4 Å². The minimum Gasteiger partial charge on any atom is -0.504 e. The molecule has 2 aromatic carbocycles. The number of aromatic hydroxyl groups is 2. The molecule has 3 N–H and O–H groups in total. The van der Waals surface area contributed by atoms with E-state index in [4.69, 9.17) is 5.26 Å². The van der Waals surface area contributed by atoms with Crippen LogP contribution in [0.15, 0.2) is 66.4 Å². The van der Waals surface area contributed by atoms with E-state index in [-0.39, 0.29) is 17.0 Å². The van der Waals surface area contributed by atoms with Crippen LogP contribution in [0.25, 0.3) is 6.08 Å². The van der Waals surface area contributed by atoms with E-state index < -0.39 is 11.7 Å². The summed E-state index contributed by atoms with van der Waals surface area (Å²) in [7, 11) is 0. The molecule has 0 saturated heterocycles. The normalized spacial score (nSPS) is 11.2. The van der Waals surface area contributed by atoms with E-state index in [9.17, 15) is 15.0 Å². The second-order valence-corrected chi connectivity index (χ2v) is 4.62. The highest BCUT2D eigenvalue weighted by atomic mass is 16.3. The van der Waals surface area contributed by atoms with Gasteiger partial charge in [0, 0.05) is 5.56 Å². The fourth-order valence-electron chi connectivity index (χ4n) is 1.79. The molecule has 1 amide bonds. The Hall–Kier alpha value is -3.52. The number of nitriles is 1. The first-order chi connectivity index (χ1) is 11.1. The molecule has 0 heterocycles. The Morgan fingerprint density at radius 3 is 2.48 bits per heavy atom. The van der Waals surface area contributed by atoms with Gasteiger partial charge in [-0.15, -0.1) is 0 Å². The maximum Gasteiger partial charge on any atom is 0.256 e. The Kier molecular flexibility index (Phi) is 5.16. The lowest BCUT2D eigenvalue weighted by Crippen LogP contribution is -2.21. The number of nitrogens with zero attached hydrogens (tertiary/aromatic N) is 1. The van der Waals surface area contributed by atoms with Crippen molar-refractivity contribution in [1.29, 1.82) is 5.26 Å². The zero-order valence-corrected chi connectivity index (χ0v) is 12.1. The Balaban J connectivity index is 2.08. The molecule has 23 heavy (non-hydrogen) atoms. The molecule has 0 bridgehead atoms. The van der Waals surface area contributed by atoms with Crippen molar-refractivity contribution in [2.45, 2.75) is 0 Å². The Bertz CT molecular complexity index is 803. The van der Waals surface area contributed by atoms with Gasteiger partial charge in [-0.3, -0.25) is 4.79 Å². The molecule has 0 aromatic heterocycles. The predicted molar refractivity (Wildman–Crippen MR) is 86.4 cm³/mol. The highest BCUT2D eigenvalue weighted by Crippen LogP contribution is 2.24. The Morgan fingerprint density at radius 1 is 1.09 bits per heavy atom. The molecule has 0 radical (unpaired) electrons. The van der Waals surface area contributed by atoms with Crippen LogP contribution in [0.4, 0.5) is 0 Å². The van der Waals surface area contributed by atoms with Gasteiger partial charge in [0.1, 0.15) is 11.8 Å². The van der Waals surface area contributed by atoms with Crippen molar-refractivity contribution in [2.24, 2.45) is 0 Å². The summed E-state index contributed by atoms with van der Waals surface area (Å²) in [6.07, 6.45) is 4.93. The number of nitrogens with one attached hydrogen (secondary N) is 1. The van der Waals surface area contributed by atoms with Crippen LogP contribution in [0.3, 0.4) is 0 Å². The SMILES string of the molecule is N#CC(=CC=Cc1ccccc1)NC(=O)c1ccc(O)c(O)c1. The van der Waals surface area contributed by atoms with E-state index in [2.05, 4.69) is 5.32 Å². The Labute approximate surface area is 133 Å². The summed E-state index contributed by atoms with van der Waals surface area (Å²) in [5, 5.41) is 30.1. The summed E-state index contributed by atoms with van der Waals surface area (Å²) in [5.74, 6) is -1.27. The number of carbonyl (C=O) groups is 1. The van der Waals surface area contributed by atoms with E-state index >= 15 is 0 Å². The lowest BCUT2D eigenvalue weighted by atomic mass is 10.2. The number of allylic oxidation sites excluding steroid dienone is 3. The minimum absolute atomic E-state index is 0.0646. The van der Waals surface area contributed by atoms with Crippen molar-refractivity contribution in [3.05, 3.63) is 77.5 Å². The number of benzene rings is 2. The maximum absolute atomic E-state index is 12.0. The molecular weight excluding hydrogens is 292 g/mol. The van der Waals surface area contributed by atoms with Crippen molar-refractivity contribution in [3.8, 4) is 17.6 Å². The molecule has 5 nitrogen and oxygen atoms in total. The van der Waals surface area contributed by atoms with Gasteiger partial charge >= 0.3 is 0 Å². The van der Waals surface area contributed by atoms with Crippen molar-refractivity contribution in [1.82, 2.24) is 5.32 Å². The molecule has 0 fully saturated rings. The lowest BCUT2D eigenvalue weighted by molar-refractivity contribution is 0.0967. The average Bonchev–Trinajstić information content (AvgIpc) is 2.57. The third-order valence-corrected chi connectivity index (χ3v) is 2.96. The van der Waals surface area contributed by atoms with E-state index in [0.717, 1.165) is 11.6 Å². The number of phenols is 2. The van der Waals surface area contributed by atoms with Crippen molar-refractivity contribution in [3.63, 3.8) is 0 Å². The van der Waals surface area contributed by atoms with Crippen LogP contribution in [-0.4, -0.2) is 16.1 Å². The van der Waals surface area contributed by atoms with Gasteiger partial charge in [0.25, 0.3) is 5.91 Å². The van der Waals surface area contributed by atoms with Gasteiger partial charge in [0.15, 0.2) is 11.5 Å². The topological polar surface area (TPSA) is 93.4 Å². The van der Waals surface area contributed by atoms with Crippen LogP contribution in [0.5, 0.6) is 11.5 Å². The van der Waals surface area contributed by atoms with Crippen LogP contribution in [0.2, 0.25) is 0 Å². The summed E-state index contributed by atoms with van der Waals surface area (Å²) < 4.78 is 0. The summed E-state index contributed by atoms with van der Waals surface area (Å²) in [6, 6.07) is 15.1. The molecule has 0 saturated carbocycles. The minimum atomic E-state index is -0.554. The number of hydrogen-bond acceptors (Lipinski definition) is 4. The van der Waals surface area contributed by atoms with Crippen LogP contribution in [-0.2, 0) is 0 Å². The third kappa shape index (κ3) is 4.48. The molecule has 0 aliphatic rings. The maximum atomic E-state index is 12.0. The van der Waals surface area contributed by atoms with Gasteiger partial charge in [-0.25, -0.2) is 0 Å². The quantitative estimate of drug-likeness (QED) is 0.460. The number of phenolic OH excluding ortho intramolecular Hbond substituents is 2. The third-order valence-electron chi connectivity index (χ3n) is 2.96. The highest BCUT2D eigenvalue weighted by molar-refractivity contribution is 5.96. The largest absolute Gasteiger partial charge is 0.504 e. The van der Waals surface area contributed by atoms with E-state index in [1.165, 1.54) is 18.2 Å².